The first-order valence-electron chi connectivity index (χ1n) is 7.06. The molecule has 1 unspecified atom stereocenters. The molecule has 1 aromatic carbocycles. The number of amides is 1. The van der Waals surface area contributed by atoms with Gasteiger partial charge >= 0.3 is 0 Å². The summed E-state index contributed by atoms with van der Waals surface area (Å²) in [4.78, 5) is 13.8. The van der Waals surface area contributed by atoms with Gasteiger partial charge in [0.25, 0.3) is 5.91 Å². The van der Waals surface area contributed by atoms with Crippen LogP contribution >= 0.6 is 11.6 Å². The molecule has 1 aliphatic heterocycles. The minimum Gasteiger partial charge on any atom is -0.382 e. The summed E-state index contributed by atoms with van der Waals surface area (Å²) in [6, 6.07) is 5.79. The standard InChI is InChI=1S/C15H22ClN3O/c1-19(2)15(20)13-6-5-11(16)10-14(13)18-12-4-3-8-17-9-7-12/h5-6,10,12,17-18H,3-4,7-9H2,1-2H3. The van der Waals surface area contributed by atoms with Crippen molar-refractivity contribution in [1.82, 2.24) is 10.2 Å². The Morgan fingerprint density at radius 3 is 2.90 bits per heavy atom. The summed E-state index contributed by atoms with van der Waals surface area (Å²) in [5, 5.41) is 7.53. The summed E-state index contributed by atoms with van der Waals surface area (Å²) in [6.45, 7) is 2.08. The van der Waals surface area contributed by atoms with Gasteiger partial charge in [-0.2, -0.15) is 0 Å². The van der Waals surface area contributed by atoms with Crippen LogP contribution in [0.15, 0.2) is 18.2 Å². The van der Waals surface area contributed by atoms with Gasteiger partial charge in [-0.15, -0.1) is 0 Å². The number of benzene rings is 1. The molecule has 1 atom stereocenters. The van der Waals surface area contributed by atoms with Crippen molar-refractivity contribution in [3.8, 4) is 0 Å². The maximum absolute atomic E-state index is 12.2. The lowest BCUT2D eigenvalue weighted by Crippen LogP contribution is -2.26. The lowest BCUT2D eigenvalue weighted by Gasteiger charge is -2.21. The van der Waals surface area contributed by atoms with Crippen LogP contribution in [0.2, 0.25) is 5.02 Å². The normalized spacial score (nSPS) is 19.2. The quantitative estimate of drug-likeness (QED) is 0.901. The Bertz CT molecular complexity index is 468. The zero-order valence-corrected chi connectivity index (χ0v) is 12.8. The van der Waals surface area contributed by atoms with Crippen molar-refractivity contribution in [3.63, 3.8) is 0 Å². The van der Waals surface area contributed by atoms with Crippen molar-refractivity contribution in [2.75, 3.05) is 32.5 Å². The molecule has 0 aliphatic carbocycles. The topological polar surface area (TPSA) is 44.4 Å². The van der Waals surface area contributed by atoms with E-state index in [4.69, 9.17) is 11.6 Å². The fraction of sp³-hybridized carbons (Fsp3) is 0.533. The van der Waals surface area contributed by atoms with Gasteiger partial charge < -0.3 is 15.5 Å². The summed E-state index contributed by atoms with van der Waals surface area (Å²) in [5.74, 6) is -0.00378. The van der Waals surface area contributed by atoms with Crippen molar-refractivity contribution in [2.24, 2.45) is 0 Å². The van der Waals surface area contributed by atoms with Gasteiger partial charge in [0.1, 0.15) is 0 Å². The Morgan fingerprint density at radius 2 is 2.15 bits per heavy atom. The number of carbonyl (C=O) groups excluding carboxylic acids is 1. The van der Waals surface area contributed by atoms with Crippen LogP contribution in [0, 0.1) is 0 Å². The second-order valence-corrected chi connectivity index (χ2v) is 5.85. The van der Waals surface area contributed by atoms with E-state index in [1.807, 2.05) is 6.07 Å². The third-order valence-corrected chi connectivity index (χ3v) is 3.79. The Morgan fingerprint density at radius 1 is 1.35 bits per heavy atom. The smallest absolute Gasteiger partial charge is 0.255 e. The van der Waals surface area contributed by atoms with Crippen molar-refractivity contribution < 1.29 is 4.79 Å². The Hall–Kier alpha value is -1.26. The largest absolute Gasteiger partial charge is 0.382 e. The van der Waals surface area contributed by atoms with E-state index >= 15 is 0 Å². The highest BCUT2D eigenvalue weighted by Gasteiger charge is 2.17. The van der Waals surface area contributed by atoms with E-state index in [1.54, 1.807) is 31.1 Å². The van der Waals surface area contributed by atoms with E-state index < -0.39 is 0 Å². The van der Waals surface area contributed by atoms with Crippen LogP contribution in [0.5, 0.6) is 0 Å². The van der Waals surface area contributed by atoms with E-state index in [-0.39, 0.29) is 5.91 Å². The summed E-state index contributed by atoms with van der Waals surface area (Å²) in [5.41, 5.74) is 1.51. The molecule has 0 radical (unpaired) electrons. The summed E-state index contributed by atoms with van der Waals surface area (Å²) in [7, 11) is 3.52. The van der Waals surface area contributed by atoms with Gasteiger partial charge in [0.05, 0.1) is 5.56 Å². The average molecular weight is 296 g/mol. The first-order chi connectivity index (χ1) is 9.58. The molecule has 1 aromatic rings. The van der Waals surface area contributed by atoms with E-state index in [1.165, 1.54) is 0 Å². The van der Waals surface area contributed by atoms with Crippen LogP contribution in [0.3, 0.4) is 0 Å². The van der Waals surface area contributed by atoms with Gasteiger partial charge in [-0.1, -0.05) is 11.6 Å². The maximum atomic E-state index is 12.2. The molecule has 0 aromatic heterocycles. The second-order valence-electron chi connectivity index (χ2n) is 5.41. The molecule has 20 heavy (non-hydrogen) atoms. The van der Waals surface area contributed by atoms with Gasteiger partial charge in [-0.3, -0.25) is 4.79 Å². The zero-order chi connectivity index (χ0) is 14.5. The number of halogens is 1. The third-order valence-electron chi connectivity index (χ3n) is 3.55. The van der Waals surface area contributed by atoms with Crippen LogP contribution in [0.25, 0.3) is 0 Å². The predicted octanol–water partition coefficient (Wildman–Crippen LogP) is 2.60. The fourth-order valence-electron chi connectivity index (χ4n) is 2.45. The van der Waals surface area contributed by atoms with Gasteiger partial charge in [0.15, 0.2) is 0 Å². The minimum absolute atomic E-state index is 0.00378. The molecule has 1 heterocycles. The molecule has 0 saturated carbocycles. The number of anilines is 1. The van der Waals surface area contributed by atoms with E-state index in [2.05, 4.69) is 10.6 Å². The molecule has 4 nitrogen and oxygen atoms in total. The molecule has 2 N–H and O–H groups in total. The number of hydrogen-bond donors (Lipinski definition) is 2. The highest BCUT2D eigenvalue weighted by molar-refractivity contribution is 6.31. The predicted molar refractivity (Wildman–Crippen MR) is 83.6 cm³/mol. The van der Waals surface area contributed by atoms with Gasteiger partial charge in [-0.05, 0) is 50.6 Å². The van der Waals surface area contributed by atoms with E-state index in [0.717, 1.165) is 38.0 Å². The van der Waals surface area contributed by atoms with E-state index in [9.17, 15) is 4.79 Å². The number of carbonyl (C=O) groups is 1. The summed E-state index contributed by atoms with van der Waals surface area (Å²) in [6.07, 6.45) is 3.31. The van der Waals surface area contributed by atoms with Crippen molar-refractivity contribution in [2.45, 2.75) is 25.3 Å². The van der Waals surface area contributed by atoms with Crippen LogP contribution in [0.4, 0.5) is 5.69 Å². The first kappa shape index (κ1) is 15.1. The Kier molecular flexibility index (Phi) is 5.26. The van der Waals surface area contributed by atoms with Crippen molar-refractivity contribution >= 4 is 23.2 Å². The number of nitrogens with one attached hydrogen (secondary N) is 2. The zero-order valence-electron chi connectivity index (χ0n) is 12.1. The SMILES string of the molecule is CN(C)C(=O)c1ccc(Cl)cc1NC1CCCNCC1. The number of nitrogens with zero attached hydrogens (tertiary/aromatic N) is 1. The average Bonchev–Trinajstić information content (AvgIpc) is 2.67. The van der Waals surface area contributed by atoms with Gasteiger partial charge in [0.2, 0.25) is 0 Å². The van der Waals surface area contributed by atoms with Gasteiger partial charge in [0, 0.05) is 30.8 Å². The van der Waals surface area contributed by atoms with E-state index in [0.29, 0.717) is 16.6 Å². The molecular weight excluding hydrogens is 274 g/mol. The van der Waals surface area contributed by atoms with Crippen LogP contribution in [-0.4, -0.2) is 44.0 Å². The maximum Gasteiger partial charge on any atom is 0.255 e. The van der Waals surface area contributed by atoms with Crippen LogP contribution < -0.4 is 10.6 Å². The molecule has 0 bridgehead atoms. The molecule has 5 heteroatoms. The molecule has 1 saturated heterocycles. The second kappa shape index (κ2) is 6.95. The third kappa shape index (κ3) is 3.87. The Balaban J connectivity index is 2.20. The minimum atomic E-state index is -0.00378. The molecule has 0 spiro atoms. The highest BCUT2D eigenvalue weighted by atomic mass is 35.5. The highest BCUT2D eigenvalue weighted by Crippen LogP contribution is 2.24. The monoisotopic (exact) mass is 295 g/mol. The van der Waals surface area contributed by atoms with Crippen molar-refractivity contribution in [1.29, 1.82) is 0 Å². The summed E-state index contributed by atoms with van der Waals surface area (Å²) >= 11 is 6.07. The molecule has 110 valence electrons. The van der Waals surface area contributed by atoms with Crippen LogP contribution in [0.1, 0.15) is 29.6 Å². The molecular formula is C15H22ClN3O. The van der Waals surface area contributed by atoms with Gasteiger partial charge in [-0.25, -0.2) is 0 Å². The lowest BCUT2D eigenvalue weighted by atomic mass is 10.1. The molecule has 1 aliphatic rings. The fourth-order valence-corrected chi connectivity index (χ4v) is 2.62. The molecule has 1 amide bonds. The number of hydrogen-bond acceptors (Lipinski definition) is 3. The lowest BCUT2D eigenvalue weighted by molar-refractivity contribution is 0.0828. The molecule has 1 fully saturated rings. The molecule has 2 rings (SSSR count). The summed E-state index contributed by atoms with van der Waals surface area (Å²) < 4.78 is 0. The first-order valence-corrected chi connectivity index (χ1v) is 7.44. The van der Waals surface area contributed by atoms with Crippen molar-refractivity contribution in [3.05, 3.63) is 28.8 Å². The van der Waals surface area contributed by atoms with Crippen LogP contribution in [-0.2, 0) is 0 Å². The Labute approximate surface area is 125 Å². The number of rotatable bonds is 3.